The molecule has 3 rings (SSSR count). The van der Waals surface area contributed by atoms with E-state index >= 15 is 0 Å². The monoisotopic (exact) mass is 553 g/mol. The van der Waals surface area contributed by atoms with Crippen LogP contribution in [0.4, 0.5) is 5.69 Å². The van der Waals surface area contributed by atoms with E-state index in [1.165, 1.54) is 43.4 Å². The number of nitro benzene ring substituents is 1. The van der Waals surface area contributed by atoms with Gasteiger partial charge in [-0.1, -0.05) is 38.8 Å². The van der Waals surface area contributed by atoms with Crippen LogP contribution in [-0.2, 0) is 9.59 Å². The number of unbranched alkanes of at least 4 members (excludes halogenated alkanes) is 2. The lowest BCUT2D eigenvalue weighted by atomic mass is 9.94. The molecule has 1 atom stereocenters. The minimum absolute atomic E-state index is 0.0735. The number of carbonyl (C=O) groups excluding carboxylic acids is 2. The fourth-order valence-electron chi connectivity index (χ4n) is 4.97. The van der Waals surface area contributed by atoms with Crippen molar-refractivity contribution >= 4 is 23.1 Å². The average Bonchev–Trinajstić information content (AvgIpc) is 3.22. The molecule has 0 bridgehead atoms. The van der Waals surface area contributed by atoms with Gasteiger partial charge in [0.1, 0.15) is 17.3 Å². The van der Waals surface area contributed by atoms with Gasteiger partial charge in [-0.25, -0.2) is 0 Å². The van der Waals surface area contributed by atoms with Crippen molar-refractivity contribution in [3.05, 3.63) is 69.3 Å². The number of likely N-dealkylation sites (tertiary alicyclic amines) is 1. The predicted molar refractivity (Wildman–Crippen MR) is 153 cm³/mol. The van der Waals surface area contributed by atoms with Crippen LogP contribution in [-0.4, -0.2) is 71.9 Å². The lowest BCUT2D eigenvalue weighted by molar-refractivity contribution is -0.384. The number of non-ortho nitro benzene ring substituents is 1. The molecule has 0 aromatic heterocycles. The summed E-state index contributed by atoms with van der Waals surface area (Å²) in [6.07, 6.45) is 4.96. The van der Waals surface area contributed by atoms with Crippen LogP contribution >= 0.6 is 0 Å². The van der Waals surface area contributed by atoms with Crippen molar-refractivity contribution in [1.82, 2.24) is 9.80 Å². The third kappa shape index (κ3) is 6.98. The van der Waals surface area contributed by atoms with E-state index in [-0.39, 0.29) is 23.4 Å². The number of ketones is 1. The first-order valence-electron chi connectivity index (χ1n) is 13.7. The highest BCUT2D eigenvalue weighted by molar-refractivity contribution is 6.46. The van der Waals surface area contributed by atoms with E-state index in [4.69, 9.17) is 9.47 Å². The molecular weight excluding hydrogens is 514 g/mol. The van der Waals surface area contributed by atoms with E-state index in [1.807, 2.05) is 0 Å². The van der Waals surface area contributed by atoms with Crippen LogP contribution in [0, 0.1) is 10.1 Å². The number of benzene rings is 2. The Kier molecular flexibility index (Phi) is 11.1. The van der Waals surface area contributed by atoms with E-state index in [9.17, 15) is 24.8 Å². The Bertz CT molecular complexity index is 1240. The van der Waals surface area contributed by atoms with Gasteiger partial charge in [-0.05, 0) is 57.1 Å². The van der Waals surface area contributed by atoms with Crippen LogP contribution in [0.5, 0.6) is 11.5 Å². The number of amides is 1. The van der Waals surface area contributed by atoms with Gasteiger partial charge in [-0.2, -0.15) is 0 Å². The van der Waals surface area contributed by atoms with Gasteiger partial charge < -0.3 is 24.4 Å². The van der Waals surface area contributed by atoms with Crippen molar-refractivity contribution in [2.45, 2.75) is 52.0 Å². The second-order valence-corrected chi connectivity index (χ2v) is 9.81. The van der Waals surface area contributed by atoms with E-state index in [0.29, 0.717) is 23.5 Å². The van der Waals surface area contributed by atoms with Gasteiger partial charge >= 0.3 is 0 Å². The van der Waals surface area contributed by atoms with E-state index in [1.54, 1.807) is 18.2 Å². The Labute approximate surface area is 235 Å². The van der Waals surface area contributed by atoms with Gasteiger partial charge in [0.2, 0.25) is 0 Å². The van der Waals surface area contributed by atoms with Gasteiger partial charge in [0.15, 0.2) is 0 Å². The number of nitro groups is 1. The molecule has 2 aromatic rings. The zero-order valence-electron chi connectivity index (χ0n) is 23.7. The van der Waals surface area contributed by atoms with Crippen LogP contribution in [0.1, 0.15) is 63.1 Å². The third-order valence-electron chi connectivity index (χ3n) is 7.13. The number of hydrogen-bond acceptors (Lipinski definition) is 8. The molecule has 1 fully saturated rings. The largest absolute Gasteiger partial charge is 0.507 e. The summed E-state index contributed by atoms with van der Waals surface area (Å²) in [7, 11) is 2.99. The molecule has 1 N–H and O–H groups in total. The van der Waals surface area contributed by atoms with Crippen LogP contribution < -0.4 is 9.47 Å². The lowest BCUT2D eigenvalue weighted by Gasteiger charge is -2.28. The third-order valence-corrected chi connectivity index (χ3v) is 7.13. The van der Waals surface area contributed by atoms with Crippen LogP contribution in [0.15, 0.2) is 48.0 Å². The molecule has 1 unspecified atom stereocenters. The lowest BCUT2D eigenvalue weighted by Crippen LogP contribution is -2.34. The number of ether oxygens (including phenoxy) is 2. The molecule has 40 heavy (non-hydrogen) atoms. The van der Waals surface area contributed by atoms with Gasteiger partial charge in [0, 0.05) is 29.8 Å². The van der Waals surface area contributed by atoms with E-state index < -0.39 is 28.4 Å². The average molecular weight is 554 g/mol. The van der Waals surface area contributed by atoms with E-state index in [2.05, 4.69) is 18.7 Å². The SMILES string of the molecule is CCCCN(CCCC)CCCN1C(=O)C(=O)/C(=C(\O)c2cccc([N+](=O)[O-])c2)C1c1cc(OC)ccc1OC. The molecule has 1 aliphatic rings. The van der Waals surface area contributed by atoms with E-state index in [0.717, 1.165) is 45.3 Å². The number of aliphatic hydroxyl groups excluding tert-OH is 1. The standard InChI is InChI=1S/C30H39N3O7/c1-5-7-15-31(16-8-6-2)17-10-18-32-27(24-20-23(39-3)13-14-25(24)40-4)26(29(35)30(32)36)28(34)21-11-9-12-22(19-21)33(37)38/h9,11-14,19-20,27,34H,5-8,10,15-18H2,1-4H3/b28-26-. The van der Waals surface area contributed by atoms with Crippen LogP contribution in [0.25, 0.3) is 5.76 Å². The minimum Gasteiger partial charge on any atom is -0.507 e. The molecule has 10 heteroatoms. The maximum absolute atomic E-state index is 13.4. The molecule has 1 heterocycles. The van der Waals surface area contributed by atoms with Gasteiger partial charge in [0.25, 0.3) is 17.4 Å². The number of methoxy groups -OCH3 is 2. The Morgan fingerprint density at radius 2 is 1.68 bits per heavy atom. The molecule has 0 spiro atoms. The Morgan fingerprint density at radius 1 is 1.00 bits per heavy atom. The molecule has 1 aliphatic heterocycles. The minimum atomic E-state index is -0.968. The Balaban J connectivity index is 2.06. The van der Waals surface area contributed by atoms with Gasteiger partial charge in [0.05, 0.1) is 30.8 Å². The maximum atomic E-state index is 13.4. The summed E-state index contributed by atoms with van der Waals surface area (Å²) >= 11 is 0. The summed E-state index contributed by atoms with van der Waals surface area (Å²) in [6, 6.07) is 9.46. The number of Topliss-reactive ketones (excluding diaryl/α,β-unsaturated/α-hetero) is 1. The van der Waals surface area contributed by atoms with Crippen LogP contribution in [0.3, 0.4) is 0 Å². The zero-order valence-corrected chi connectivity index (χ0v) is 23.7. The predicted octanol–water partition coefficient (Wildman–Crippen LogP) is 5.33. The first-order valence-corrected chi connectivity index (χ1v) is 13.7. The Morgan fingerprint density at radius 3 is 2.27 bits per heavy atom. The zero-order chi connectivity index (χ0) is 29.2. The van der Waals surface area contributed by atoms with Crippen molar-refractivity contribution in [3.8, 4) is 11.5 Å². The van der Waals surface area contributed by atoms with Crippen molar-refractivity contribution < 1.29 is 29.1 Å². The number of hydrogen-bond donors (Lipinski definition) is 1. The molecule has 1 saturated heterocycles. The van der Waals surface area contributed by atoms with Crippen LogP contribution in [0.2, 0.25) is 0 Å². The normalized spacial score (nSPS) is 16.5. The quantitative estimate of drug-likeness (QED) is 0.103. The fraction of sp³-hybridized carbons (Fsp3) is 0.467. The summed E-state index contributed by atoms with van der Waals surface area (Å²) in [6.45, 7) is 7.27. The van der Waals surface area contributed by atoms with Crippen molar-refractivity contribution in [2.75, 3.05) is 40.4 Å². The highest BCUT2D eigenvalue weighted by Gasteiger charge is 2.47. The molecule has 2 aromatic carbocycles. The van der Waals surface area contributed by atoms with Crippen molar-refractivity contribution in [3.63, 3.8) is 0 Å². The van der Waals surface area contributed by atoms with Crippen molar-refractivity contribution in [1.29, 1.82) is 0 Å². The van der Waals surface area contributed by atoms with Gasteiger partial charge in [-0.15, -0.1) is 0 Å². The number of nitrogens with zero attached hydrogens (tertiary/aromatic N) is 3. The summed E-state index contributed by atoms with van der Waals surface area (Å²) < 4.78 is 11.0. The smallest absolute Gasteiger partial charge is 0.295 e. The summed E-state index contributed by atoms with van der Waals surface area (Å²) in [4.78, 5) is 41.5. The highest BCUT2D eigenvalue weighted by Crippen LogP contribution is 2.44. The molecule has 0 saturated carbocycles. The van der Waals surface area contributed by atoms with Gasteiger partial charge in [-0.3, -0.25) is 19.7 Å². The molecule has 0 aliphatic carbocycles. The summed E-state index contributed by atoms with van der Waals surface area (Å²) in [5.74, 6) is -1.17. The number of aliphatic hydroxyl groups is 1. The summed E-state index contributed by atoms with van der Waals surface area (Å²) in [5.41, 5.74) is 0.158. The topological polar surface area (TPSA) is 122 Å². The van der Waals surface area contributed by atoms with Crippen molar-refractivity contribution in [2.24, 2.45) is 0 Å². The molecule has 1 amide bonds. The second-order valence-electron chi connectivity index (χ2n) is 9.81. The first kappa shape index (κ1) is 30.6. The first-order chi connectivity index (χ1) is 19.3. The molecule has 0 radical (unpaired) electrons. The molecule has 10 nitrogen and oxygen atoms in total. The number of rotatable bonds is 15. The maximum Gasteiger partial charge on any atom is 0.295 e. The highest BCUT2D eigenvalue weighted by atomic mass is 16.6. The number of carbonyl (C=O) groups is 2. The molecular formula is C30H39N3O7. The summed E-state index contributed by atoms with van der Waals surface area (Å²) in [5, 5.41) is 22.7. The molecule has 216 valence electrons. The second kappa shape index (κ2) is 14.5. The fourth-order valence-corrected chi connectivity index (χ4v) is 4.97. The Hall–Kier alpha value is -3.92.